The summed E-state index contributed by atoms with van der Waals surface area (Å²) in [4.78, 5) is 39.2. The van der Waals surface area contributed by atoms with Crippen LogP contribution in [0.3, 0.4) is 0 Å². The van der Waals surface area contributed by atoms with E-state index in [4.69, 9.17) is 10.2 Å². The molecule has 0 saturated carbocycles. The van der Waals surface area contributed by atoms with Crippen LogP contribution in [0.4, 0.5) is 0 Å². The number of nitrogens with one attached hydrogen (secondary N) is 1. The molecule has 1 saturated heterocycles. The van der Waals surface area contributed by atoms with Gasteiger partial charge in [0.25, 0.3) is 11.5 Å². The number of amides is 1. The van der Waals surface area contributed by atoms with Crippen LogP contribution in [0.2, 0.25) is 0 Å². The van der Waals surface area contributed by atoms with Crippen LogP contribution < -0.4 is 5.56 Å². The molecule has 1 aliphatic heterocycles. The number of likely N-dealkylation sites (tertiary alicyclic amines) is 1. The summed E-state index contributed by atoms with van der Waals surface area (Å²) < 4.78 is 0. The highest BCUT2D eigenvalue weighted by molar-refractivity contribution is 5.94. The summed E-state index contributed by atoms with van der Waals surface area (Å²) in [5, 5.41) is 8.86. The van der Waals surface area contributed by atoms with Crippen molar-refractivity contribution in [2.24, 2.45) is 0 Å². The van der Waals surface area contributed by atoms with E-state index in [0.717, 1.165) is 42.8 Å². The Morgan fingerprint density at radius 1 is 1.24 bits per heavy atom. The first-order chi connectivity index (χ1) is 13.7. The van der Waals surface area contributed by atoms with Crippen LogP contribution in [0.15, 0.2) is 23.1 Å². The van der Waals surface area contributed by atoms with E-state index in [-0.39, 0.29) is 22.3 Å². The van der Waals surface area contributed by atoms with Gasteiger partial charge in [-0.3, -0.25) is 9.59 Å². The van der Waals surface area contributed by atoms with Crippen LogP contribution in [0.25, 0.3) is 0 Å². The minimum Gasteiger partial charge on any atom is -0.339 e. The molecule has 0 radical (unpaired) electrons. The molecule has 2 aromatic heterocycles. The van der Waals surface area contributed by atoms with Gasteiger partial charge in [0.15, 0.2) is 0 Å². The fourth-order valence-corrected chi connectivity index (χ4v) is 4.40. The van der Waals surface area contributed by atoms with Crippen molar-refractivity contribution in [3.8, 4) is 6.07 Å². The largest absolute Gasteiger partial charge is 0.339 e. The molecule has 29 heavy (non-hydrogen) atoms. The Morgan fingerprint density at radius 2 is 1.97 bits per heavy atom. The number of hydrogen-bond donors (Lipinski definition) is 1. The second-order valence-electron chi connectivity index (χ2n) is 9.11. The number of carbonyl (C=O) groups is 1. The van der Waals surface area contributed by atoms with Gasteiger partial charge in [-0.25, -0.2) is 9.97 Å². The van der Waals surface area contributed by atoms with E-state index in [0.29, 0.717) is 24.3 Å². The monoisotopic (exact) mass is 391 g/mol. The smallest absolute Gasteiger partial charge is 0.255 e. The molecule has 1 fully saturated rings. The molecule has 2 aromatic rings. The van der Waals surface area contributed by atoms with Crippen molar-refractivity contribution >= 4 is 5.91 Å². The number of nitrogens with zero attached hydrogens (tertiary/aromatic N) is 4. The predicted octanol–water partition coefficient (Wildman–Crippen LogP) is 2.45. The van der Waals surface area contributed by atoms with E-state index in [1.165, 1.54) is 6.20 Å². The molecule has 7 heteroatoms. The van der Waals surface area contributed by atoms with E-state index in [9.17, 15) is 9.59 Å². The molecular formula is C22H25N5O2. The predicted molar refractivity (Wildman–Crippen MR) is 108 cm³/mol. The number of aromatic nitrogens is 3. The van der Waals surface area contributed by atoms with E-state index in [1.807, 2.05) is 31.7 Å². The highest BCUT2D eigenvalue weighted by atomic mass is 16.2. The van der Waals surface area contributed by atoms with Crippen LogP contribution in [-0.4, -0.2) is 38.8 Å². The summed E-state index contributed by atoms with van der Waals surface area (Å²) in [6, 6.07) is 5.18. The van der Waals surface area contributed by atoms with Crippen LogP contribution in [0, 0.1) is 11.3 Å². The topological polar surface area (TPSA) is 103 Å². The molecule has 7 nitrogen and oxygen atoms in total. The number of nitriles is 1. The number of carbonyl (C=O) groups excluding carboxylic acids is 1. The lowest BCUT2D eigenvalue weighted by molar-refractivity contribution is 0.0663. The van der Waals surface area contributed by atoms with Gasteiger partial charge in [0.05, 0.1) is 11.3 Å². The number of fused-ring (bicyclic) bond motifs is 2. The molecule has 150 valence electrons. The SMILES string of the molecule is CC(C)(C)c1nc2c(c(=O)[nH]1)CCC21CCN(C(=O)c2ccc(C#N)nc2)CC1. The van der Waals surface area contributed by atoms with E-state index in [2.05, 4.69) is 9.97 Å². The number of hydrogen-bond acceptors (Lipinski definition) is 5. The van der Waals surface area contributed by atoms with Crippen molar-refractivity contribution in [1.82, 2.24) is 19.9 Å². The molecule has 4 rings (SSSR count). The van der Waals surface area contributed by atoms with Gasteiger partial charge in [0.1, 0.15) is 17.6 Å². The maximum atomic E-state index is 12.8. The Hall–Kier alpha value is -3.01. The lowest BCUT2D eigenvalue weighted by Crippen LogP contribution is -2.45. The summed E-state index contributed by atoms with van der Waals surface area (Å²) in [6.45, 7) is 7.39. The normalized spacial score (nSPS) is 17.8. The maximum absolute atomic E-state index is 12.8. The van der Waals surface area contributed by atoms with Gasteiger partial charge < -0.3 is 9.88 Å². The first-order valence-electron chi connectivity index (χ1n) is 10.0. The average Bonchev–Trinajstić information content (AvgIpc) is 3.06. The number of pyridine rings is 1. The van der Waals surface area contributed by atoms with E-state index < -0.39 is 0 Å². The first kappa shape index (κ1) is 19.3. The Labute approximate surface area is 169 Å². The highest BCUT2D eigenvalue weighted by Crippen LogP contribution is 2.44. The quantitative estimate of drug-likeness (QED) is 0.804. The van der Waals surface area contributed by atoms with Crippen molar-refractivity contribution in [2.45, 2.75) is 57.3 Å². The van der Waals surface area contributed by atoms with Crippen molar-refractivity contribution in [3.63, 3.8) is 0 Å². The zero-order valence-corrected chi connectivity index (χ0v) is 17.1. The molecule has 0 atom stereocenters. The number of piperidine rings is 1. The fourth-order valence-electron chi connectivity index (χ4n) is 4.40. The zero-order chi connectivity index (χ0) is 20.8. The third kappa shape index (κ3) is 3.33. The third-order valence-corrected chi connectivity index (χ3v) is 6.21. The van der Waals surface area contributed by atoms with E-state index in [1.54, 1.807) is 12.1 Å². The van der Waals surface area contributed by atoms with Gasteiger partial charge in [-0.2, -0.15) is 5.26 Å². The molecule has 1 N–H and O–H groups in total. The molecule has 2 aliphatic rings. The number of aromatic amines is 1. The van der Waals surface area contributed by atoms with Gasteiger partial charge in [0, 0.05) is 35.7 Å². The molecule has 0 aromatic carbocycles. The Morgan fingerprint density at radius 3 is 2.55 bits per heavy atom. The van der Waals surface area contributed by atoms with Crippen LogP contribution in [0.5, 0.6) is 0 Å². The number of rotatable bonds is 1. The summed E-state index contributed by atoms with van der Waals surface area (Å²) in [5.41, 5.74) is 2.19. The van der Waals surface area contributed by atoms with Crippen LogP contribution >= 0.6 is 0 Å². The summed E-state index contributed by atoms with van der Waals surface area (Å²) in [6.07, 6.45) is 4.72. The standard InChI is InChI=1S/C22H25N5O2/c1-21(2,3)20-25-17-16(18(28)26-20)6-7-22(17)8-10-27(11-9-22)19(29)14-4-5-15(12-23)24-13-14/h4-5,13H,6-11H2,1-3H3,(H,25,26,28). The van der Waals surface area contributed by atoms with Gasteiger partial charge in [-0.1, -0.05) is 20.8 Å². The minimum absolute atomic E-state index is 0.0148. The Bertz CT molecular complexity index is 1050. The second-order valence-corrected chi connectivity index (χ2v) is 9.11. The third-order valence-electron chi connectivity index (χ3n) is 6.21. The molecule has 1 aliphatic carbocycles. The number of H-pyrrole nitrogens is 1. The van der Waals surface area contributed by atoms with E-state index >= 15 is 0 Å². The molecule has 1 spiro atoms. The Kier molecular flexibility index (Phi) is 4.53. The van der Waals surface area contributed by atoms with Gasteiger partial charge in [0.2, 0.25) is 0 Å². The van der Waals surface area contributed by atoms with Gasteiger partial charge in [-0.15, -0.1) is 0 Å². The first-order valence-corrected chi connectivity index (χ1v) is 10.0. The van der Waals surface area contributed by atoms with Crippen molar-refractivity contribution in [1.29, 1.82) is 5.26 Å². The Balaban J connectivity index is 1.56. The van der Waals surface area contributed by atoms with Gasteiger partial charge >= 0.3 is 0 Å². The zero-order valence-electron chi connectivity index (χ0n) is 17.1. The molecule has 0 bridgehead atoms. The molecular weight excluding hydrogens is 366 g/mol. The van der Waals surface area contributed by atoms with Crippen LogP contribution in [-0.2, 0) is 17.3 Å². The lowest BCUT2D eigenvalue weighted by atomic mass is 9.76. The molecule has 0 unspecified atom stereocenters. The lowest BCUT2D eigenvalue weighted by Gasteiger charge is -2.39. The maximum Gasteiger partial charge on any atom is 0.255 e. The summed E-state index contributed by atoms with van der Waals surface area (Å²) >= 11 is 0. The highest BCUT2D eigenvalue weighted by Gasteiger charge is 2.45. The van der Waals surface area contributed by atoms with Crippen LogP contribution in [0.1, 0.15) is 73.2 Å². The minimum atomic E-state index is -0.225. The second kappa shape index (κ2) is 6.80. The molecule has 1 amide bonds. The molecule has 3 heterocycles. The van der Waals surface area contributed by atoms with Crippen molar-refractivity contribution < 1.29 is 4.79 Å². The average molecular weight is 391 g/mol. The summed E-state index contributed by atoms with van der Waals surface area (Å²) in [7, 11) is 0. The summed E-state index contributed by atoms with van der Waals surface area (Å²) in [5.74, 6) is 0.661. The fraction of sp³-hybridized carbons (Fsp3) is 0.500. The van der Waals surface area contributed by atoms with Crippen molar-refractivity contribution in [3.05, 3.63) is 57.0 Å². The van der Waals surface area contributed by atoms with Gasteiger partial charge in [-0.05, 0) is 37.8 Å². The van der Waals surface area contributed by atoms with Crippen molar-refractivity contribution in [2.75, 3.05) is 13.1 Å².